The summed E-state index contributed by atoms with van der Waals surface area (Å²) in [5, 5.41) is 12.6. The molecule has 0 bridgehead atoms. The quantitative estimate of drug-likeness (QED) is 0.729. The molecule has 4 nitrogen and oxygen atoms in total. The third-order valence-electron chi connectivity index (χ3n) is 2.29. The van der Waals surface area contributed by atoms with Crippen molar-refractivity contribution in [2.24, 2.45) is 0 Å². The molecule has 1 aromatic rings. The van der Waals surface area contributed by atoms with Crippen molar-refractivity contribution < 1.29 is 5.11 Å². The molecule has 2 N–H and O–H groups in total. The van der Waals surface area contributed by atoms with Crippen molar-refractivity contribution in [2.45, 2.75) is 31.9 Å². The Balaban J connectivity index is 2.02. The minimum absolute atomic E-state index is 0.161. The topological polar surface area (TPSA) is 58.0 Å². The van der Waals surface area contributed by atoms with Crippen LogP contribution >= 0.6 is 11.6 Å². The van der Waals surface area contributed by atoms with Crippen LogP contribution in [0.1, 0.15) is 18.5 Å². The van der Waals surface area contributed by atoms with E-state index < -0.39 is 0 Å². The van der Waals surface area contributed by atoms with E-state index in [-0.39, 0.29) is 11.4 Å². The molecule has 0 unspecified atom stereocenters. The zero-order valence-electron chi connectivity index (χ0n) is 7.87. The molecule has 0 aliphatic heterocycles. The van der Waals surface area contributed by atoms with Crippen molar-refractivity contribution in [3.8, 4) is 0 Å². The maximum atomic E-state index is 9.11. The van der Waals surface area contributed by atoms with Gasteiger partial charge in [0.25, 0.3) is 0 Å². The lowest BCUT2D eigenvalue weighted by Crippen LogP contribution is -2.39. The molecule has 5 heteroatoms. The number of hydrogen-bond acceptors (Lipinski definition) is 4. The number of aliphatic hydroxyl groups excluding tert-OH is 1. The SMILES string of the molecule is Cc1cc(NC2CC(O)C2)nc(Cl)n1. The maximum absolute atomic E-state index is 9.11. The van der Waals surface area contributed by atoms with Gasteiger partial charge in [0.15, 0.2) is 0 Å². The lowest BCUT2D eigenvalue weighted by molar-refractivity contribution is 0.0835. The van der Waals surface area contributed by atoms with Crippen LogP contribution in [-0.4, -0.2) is 27.2 Å². The fourth-order valence-corrected chi connectivity index (χ4v) is 1.75. The molecular weight excluding hydrogens is 202 g/mol. The van der Waals surface area contributed by atoms with E-state index >= 15 is 0 Å². The highest BCUT2D eigenvalue weighted by molar-refractivity contribution is 6.28. The van der Waals surface area contributed by atoms with Crippen LogP contribution in [0.15, 0.2) is 6.07 Å². The molecule has 1 aliphatic rings. The molecule has 0 saturated heterocycles. The van der Waals surface area contributed by atoms with E-state index in [1.807, 2.05) is 13.0 Å². The van der Waals surface area contributed by atoms with Gasteiger partial charge in [0.1, 0.15) is 5.82 Å². The molecule has 2 rings (SSSR count). The van der Waals surface area contributed by atoms with Gasteiger partial charge in [0.2, 0.25) is 5.28 Å². The smallest absolute Gasteiger partial charge is 0.224 e. The van der Waals surface area contributed by atoms with Gasteiger partial charge in [-0.3, -0.25) is 0 Å². The molecule has 1 heterocycles. The number of nitrogens with zero attached hydrogens (tertiary/aromatic N) is 2. The number of halogens is 1. The van der Waals surface area contributed by atoms with Gasteiger partial charge < -0.3 is 10.4 Å². The van der Waals surface area contributed by atoms with E-state index in [4.69, 9.17) is 16.7 Å². The summed E-state index contributed by atoms with van der Waals surface area (Å²) in [5.41, 5.74) is 0.840. The van der Waals surface area contributed by atoms with E-state index in [9.17, 15) is 0 Å². The number of hydrogen-bond donors (Lipinski definition) is 2. The number of rotatable bonds is 2. The highest BCUT2D eigenvalue weighted by Gasteiger charge is 2.27. The molecular formula is C9H12ClN3O. The van der Waals surface area contributed by atoms with Crippen molar-refractivity contribution in [2.75, 3.05) is 5.32 Å². The van der Waals surface area contributed by atoms with Crippen LogP contribution in [0, 0.1) is 6.92 Å². The lowest BCUT2D eigenvalue weighted by atomic mass is 9.89. The van der Waals surface area contributed by atoms with Crippen molar-refractivity contribution in [3.05, 3.63) is 17.0 Å². The molecule has 1 aliphatic carbocycles. The van der Waals surface area contributed by atoms with E-state index in [1.54, 1.807) is 0 Å². The third kappa shape index (κ3) is 2.13. The Labute approximate surface area is 87.3 Å². The Morgan fingerprint density at radius 3 is 2.79 bits per heavy atom. The van der Waals surface area contributed by atoms with Crippen molar-refractivity contribution in [1.82, 2.24) is 9.97 Å². The van der Waals surface area contributed by atoms with Crippen LogP contribution in [0.25, 0.3) is 0 Å². The van der Waals surface area contributed by atoms with Gasteiger partial charge in [-0.1, -0.05) is 0 Å². The number of anilines is 1. The first-order valence-electron chi connectivity index (χ1n) is 4.59. The molecule has 1 fully saturated rings. The standard InChI is InChI=1S/C9H12ClN3O/c1-5-2-8(13-9(10)11-5)12-6-3-7(14)4-6/h2,6-7,14H,3-4H2,1H3,(H,11,12,13). The van der Waals surface area contributed by atoms with Gasteiger partial charge in [-0.2, -0.15) is 0 Å². The summed E-state index contributed by atoms with van der Waals surface area (Å²) in [6.07, 6.45) is 1.40. The molecule has 14 heavy (non-hydrogen) atoms. The predicted molar refractivity (Wildman–Crippen MR) is 54.4 cm³/mol. The zero-order chi connectivity index (χ0) is 10.1. The van der Waals surface area contributed by atoms with Crippen molar-refractivity contribution in [1.29, 1.82) is 0 Å². The molecule has 1 saturated carbocycles. The highest BCUT2D eigenvalue weighted by atomic mass is 35.5. The van der Waals surface area contributed by atoms with E-state index in [0.29, 0.717) is 6.04 Å². The number of aliphatic hydroxyl groups is 1. The normalized spacial score (nSPS) is 25.6. The second kappa shape index (κ2) is 3.71. The molecule has 0 amide bonds. The number of aryl methyl sites for hydroxylation is 1. The van der Waals surface area contributed by atoms with E-state index in [0.717, 1.165) is 24.4 Å². The summed E-state index contributed by atoms with van der Waals surface area (Å²) in [4.78, 5) is 8.01. The largest absolute Gasteiger partial charge is 0.393 e. The van der Waals surface area contributed by atoms with Crippen LogP contribution in [-0.2, 0) is 0 Å². The Bertz CT molecular complexity index is 319. The van der Waals surface area contributed by atoms with E-state index in [1.165, 1.54) is 0 Å². The lowest BCUT2D eigenvalue weighted by Gasteiger charge is -2.32. The maximum Gasteiger partial charge on any atom is 0.224 e. The molecule has 1 aromatic heterocycles. The Morgan fingerprint density at radius 2 is 2.21 bits per heavy atom. The van der Waals surface area contributed by atoms with Crippen molar-refractivity contribution in [3.63, 3.8) is 0 Å². The van der Waals surface area contributed by atoms with Gasteiger partial charge in [-0.25, -0.2) is 9.97 Å². The van der Waals surface area contributed by atoms with Crippen LogP contribution in [0.4, 0.5) is 5.82 Å². The highest BCUT2D eigenvalue weighted by Crippen LogP contribution is 2.23. The Hall–Kier alpha value is -0.870. The fourth-order valence-electron chi connectivity index (χ4n) is 1.52. The average Bonchev–Trinajstić information content (AvgIpc) is 1.99. The molecule has 0 aromatic carbocycles. The summed E-state index contributed by atoms with van der Waals surface area (Å²) in [6.45, 7) is 1.87. The van der Waals surface area contributed by atoms with Crippen LogP contribution in [0.5, 0.6) is 0 Å². The minimum Gasteiger partial charge on any atom is -0.393 e. The average molecular weight is 214 g/mol. The van der Waals surface area contributed by atoms with Crippen LogP contribution in [0.2, 0.25) is 5.28 Å². The molecule has 0 atom stereocenters. The second-order valence-electron chi connectivity index (χ2n) is 3.63. The van der Waals surface area contributed by atoms with Crippen molar-refractivity contribution >= 4 is 17.4 Å². The summed E-state index contributed by atoms with van der Waals surface area (Å²) in [6, 6.07) is 2.16. The Morgan fingerprint density at radius 1 is 1.50 bits per heavy atom. The minimum atomic E-state index is -0.161. The van der Waals surface area contributed by atoms with Gasteiger partial charge >= 0.3 is 0 Å². The molecule has 0 spiro atoms. The van der Waals surface area contributed by atoms with Gasteiger partial charge in [0, 0.05) is 17.8 Å². The second-order valence-corrected chi connectivity index (χ2v) is 3.97. The summed E-state index contributed by atoms with van der Waals surface area (Å²) < 4.78 is 0. The van der Waals surface area contributed by atoms with Gasteiger partial charge in [0.05, 0.1) is 6.10 Å². The first-order chi connectivity index (χ1) is 6.63. The molecule has 76 valence electrons. The Kier molecular flexibility index (Phi) is 2.56. The van der Waals surface area contributed by atoms with E-state index in [2.05, 4.69) is 15.3 Å². The predicted octanol–water partition coefficient (Wildman–Crippen LogP) is 1.37. The first-order valence-corrected chi connectivity index (χ1v) is 4.97. The number of aromatic nitrogens is 2. The third-order valence-corrected chi connectivity index (χ3v) is 2.46. The summed E-state index contributed by atoms with van der Waals surface area (Å²) in [7, 11) is 0. The van der Waals surface area contributed by atoms with Crippen LogP contribution in [0.3, 0.4) is 0 Å². The fraction of sp³-hybridized carbons (Fsp3) is 0.556. The zero-order valence-corrected chi connectivity index (χ0v) is 8.62. The number of nitrogens with one attached hydrogen (secondary N) is 1. The van der Waals surface area contributed by atoms with Gasteiger partial charge in [-0.05, 0) is 31.4 Å². The van der Waals surface area contributed by atoms with Crippen LogP contribution < -0.4 is 5.32 Å². The summed E-state index contributed by atoms with van der Waals surface area (Å²) >= 11 is 5.71. The molecule has 0 radical (unpaired) electrons. The summed E-state index contributed by atoms with van der Waals surface area (Å²) in [5.74, 6) is 0.736. The first kappa shape index (κ1) is 9.68. The monoisotopic (exact) mass is 213 g/mol. The van der Waals surface area contributed by atoms with Gasteiger partial charge in [-0.15, -0.1) is 0 Å².